The Bertz CT molecular complexity index is 650. The highest BCUT2D eigenvalue weighted by Crippen LogP contribution is 2.23. The Labute approximate surface area is 122 Å². The van der Waals surface area contributed by atoms with Crippen molar-refractivity contribution in [3.8, 4) is 0 Å². The number of nitrogens with one attached hydrogen (secondary N) is 1. The van der Waals surface area contributed by atoms with E-state index in [0.717, 1.165) is 0 Å². The second-order valence-corrected chi connectivity index (χ2v) is 6.32. The molecule has 0 spiro atoms. The molecule has 1 fully saturated rings. The summed E-state index contributed by atoms with van der Waals surface area (Å²) in [5, 5.41) is -0.345. The zero-order chi connectivity index (χ0) is 15.6. The third-order valence-corrected chi connectivity index (χ3v) is 4.60. The minimum atomic E-state index is -3.75. The summed E-state index contributed by atoms with van der Waals surface area (Å²) >= 11 is 0. The number of rotatable bonds is 4. The largest absolute Gasteiger partial charge is 0.467 e. The van der Waals surface area contributed by atoms with E-state index in [1.54, 1.807) is 0 Å². The van der Waals surface area contributed by atoms with Crippen LogP contribution in [-0.4, -0.2) is 51.9 Å². The molecular weight excluding hydrogens is 300 g/mol. The first-order valence-electron chi connectivity index (χ1n) is 6.33. The van der Waals surface area contributed by atoms with E-state index in [1.807, 2.05) is 0 Å². The lowest BCUT2D eigenvalue weighted by Crippen LogP contribution is -2.40. The molecule has 1 aliphatic rings. The van der Waals surface area contributed by atoms with Crippen LogP contribution in [0.1, 0.15) is 23.4 Å². The molecule has 1 aromatic heterocycles. The van der Waals surface area contributed by atoms with Crippen LogP contribution in [0.25, 0.3) is 0 Å². The van der Waals surface area contributed by atoms with Crippen LogP contribution in [0.5, 0.6) is 0 Å². The van der Waals surface area contributed by atoms with Gasteiger partial charge < -0.3 is 14.1 Å². The van der Waals surface area contributed by atoms with Crippen molar-refractivity contribution in [1.82, 2.24) is 9.62 Å². The minimum Gasteiger partial charge on any atom is -0.467 e. The highest BCUT2D eigenvalue weighted by atomic mass is 32.2. The number of nitrogens with zero attached hydrogens (tertiary/aromatic N) is 1. The molecule has 0 aromatic carbocycles. The summed E-state index contributed by atoms with van der Waals surface area (Å²) in [5.41, 5.74) is 0. The van der Waals surface area contributed by atoms with Crippen molar-refractivity contribution >= 4 is 21.9 Å². The lowest BCUT2D eigenvalue weighted by Gasteiger charge is -2.21. The molecule has 0 saturated carbocycles. The highest BCUT2D eigenvalue weighted by Gasteiger charge is 2.36. The molecule has 2 rings (SSSR count). The van der Waals surface area contributed by atoms with E-state index in [0.29, 0.717) is 19.4 Å². The second-order valence-electron chi connectivity index (χ2n) is 4.51. The van der Waals surface area contributed by atoms with E-state index in [2.05, 4.69) is 9.46 Å². The number of esters is 1. The molecule has 0 bridgehead atoms. The molecule has 1 saturated heterocycles. The Hall–Kier alpha value is -1.87. The van der Waals surface area contributed by atoms with Crippen molar-refractivity contribution in [3.05, 3.63) is 17.9 Å². The third-order valence-electron chi connectivity index (χ3n) is 3.31. The molecule has 1 aliphatic heterocycles. The van der Waals surface area contributed by atoms with E-state index in [9.17, 15) is 18.0 Å². The molecule has 0 aliphatic carbocycles. The summed E-state index contributed by atoms with van der Waals surface area (Å²) in [4.78, 5) is 25.3. The fourth-order valence-electron chi connectivity index (χ4n) is 2.21. The average Bonchev–Trinajstić information content (AvgIpc) is 3.14. The number of sulfonamides is 1. The summed E-state index contributed by atoms with van der Waals surface area (Å²) in [5.74, 6) is -1.14. The van der Waals surface area contributed by atoms with Crippen LogP contribution < -0.4 is 4.72 Å². The molecule has 8 nitrogen and oxygen atoms in total. The average molecular weight is 316 g/mol. The summed E-state index contributed by atoms with van der Waals surface area (Å²) in [6, 6.07) is 1.82. The van der Waals surface area contributed by atoms with Crippen molar-refractivity contribution in [2.24, 2.45) is 0 Å². The summed E-state index contributed by atoms with van der Waals surface area (Å²) in [6.07, 6.45) is 1.19. The van der Waals surface area contributed by atoms with E-state index >= 15 is 0 Å². The maximum Gasteiger partial charge on any atom is 0.328 e. The van der Waals surface area contributed by atoms with E-state index in [1.165, 1.54) is 31.2 Å². The third kappa shape index (κ3) is 2.93. The first-order chi connectivity index (χ1) is 9.90. The molecule has 21 heavy (non-hydrogen) atoms. The zero-order valence-electron chi connectivity index (χ0n) is 11.7. The number of furan rings is 1. The van der Waals surface area contributed by atoms with Gasteiger partial charge in [-0.15, -0.1) is 0 Å². The number of amides is 1. The number of ether oxygens (including phenoxy) is 1. The summed E-state index contributed by atoms with van der Waals surface area (Å²) < 4.78 is 35.0. The smallest absolute Gasteiger partial charge is 0.328 e. The van der Waals surface area contributed by atoms with Gasteiger partial charge in [-0.2, -0.15) is 0 Å². The predicted molar refractivity (Wildman–Crippen MR) is 71.0 cm³/mol. The van der Waals surface area contributed by atoms with Crippen molar-refractivity contribution in [1.29, 1.82) is 0 Å². The molecule has 0 radical (unpaired) electrons. The van der Waals surface area contributed by atoms with E-state index < -0.39 is 27.9 Å². The van der Waals surface area contributed by atoms with Gasteiger partial charge in [0.2, 0.25) is 5.09 Å². The Morgan fingerprint density at radius 2 is 2.14 bits per heavy atom. The number of carbonyl (C=O) groups excluding carboxylic acids is 2. The van der Waals surface area contributed by atoms with Gasteiger partial charge in [-0.25, -0.2) is 17.9 Å². The Morgan fingerprint density at radius 1 is 1.43 bits per heavy atom. The van der Waals surface area contributed by atoms with Crippen molar-refractivity contribution < 1.29 is 27.2 Å². The molecule has 2 heterocycles. The number of hydrogen-bond donors (Lipinski definition) is 1. The Morgan fingerprint density at radius 3 is 2.76 bits per heavy atom. The van der Waals surface area contributed by atoms with Crippen molar-refractivity contribution in [2.75, 3.05) is 20.7 Å². The molecule has 1 amide bonds. The van der Waals surface area contributed by atoms with E-state index in [4.69, 9.17) is 4.42 Å². The molecule has 1 aromatic rings. The second kappa shape index (κ2) is 5.86. The Kier molecular flexibility index (Phi) is 4.33. The van der Waals surface area contributed by atoms with Crippen LogP contribution >= 0.6 is 0 Å². The molecule has 1 N–H and O–H groups in total. The lowest BCUT2D eigenvalue weighted by molar-refractivity contribution is -0.145. The lowest BCUT2D eigenvalue weighted by atomic mass is 10.2. The van der Waals surface area contributed by atoms with Gasteiger partial charge >= 0.3 is 5.97 Å². The van der Waals surface area contributed by atoms with Crippen molar-refractivity contribution in [3.63, 3.8) is 0 Å². The fourth-order valence-corrected chi connectivity index (χ4v) is 2.86. The number of methoxy groups -OCH3 is 1. The van der Waals surface area contributed by atoms with Crippen LogP contribution in [0.3, 0.4) is 0 Å². The van der Waals surface area contributed by atoms with Crippen LogP contribution in [-0.2, 0) is 19.6 Å². The van der Waals surface area contributed by atoms with Crippen LogP contribution in [0.4, 0.5) is 0 Å². The van der Waals surface area contributed by atoms with Crippen LogP contribution in [0, 0.1) is 0 Å². The number of hydrogen-bond acceptors (Lipinski definition) is 6. The summed E-state index contributed by atoms with van der Waals surface area (Å²) in [6.45, 7) is 0.396. The quantitative estimate of drug-likeness (QED) is 0.782. The molecular formula is C12H16N2O6S. The van der Waals surface area contributed by atoms with Gasteiger partial charge in [-0.05, 0) is 32.0 Å². The molecule has 116 valence electrons. The van der Waals surface area contributed by atoms with Crippen LogP contribution in [0.15, 0.2) is 21.6 Å². The van der Waals surface area contributed by atoms with Gasteiger partial charge in [0.05, 0.1) is 7.11 Å². The first kappa shape index (κ1) is 15.5. The number of carbonyl (C=O) groups is 2. The molecule has 1 unspecified atom stereocenters. The van der Waals surface area contributed by atoms with Gasteiger partial charge in [-0.1, -0.05) is 0 Å². The van der Waals surface area contributed by atoms with Gasteiger partial charge in [-0.3, -0.25) is 4.79 Å². The molecule has 9 heteroatoms. The SMILES string of the molecule is CNS(=O)(=O)c1ccc(C(=O)N2CCCC2C(=O)OC)o1. The zero-order valence-corrected chi connectivity index (χ0v) is 12.5. The van der Waals surface area contributed by atoms with Crippen LogP contribution in [0.2, 0.25) is 0 Å². The van der Waals surface area contributed by atoms with Gasteiger partial charge in [0.25, 0.3) is 15.9 Å². The summed E-state index contributed by atoms with van der Waals surface area (Å²) in [7, 11) is -1.25. The monoisotopic (exact) mass is 316 g/mol. The minimum absolute atomic E-state index is 0.125. The Balaban J connectivity index is 2.23. The van der Waals surface area contributed by atoms with Gasteiger partial charge in [0.15, 0.2) is 5.76 Å². The highest BCUT2D eigenvalue weighted by molar-refractivity contribution is 7.89. The number of likely N-dealkylation sites (tertiary alicyclic amines) is 1. The van der Waals surface area contributed by atoms with Crippen molar-refractivity contribution in [2.45, 2.75) is 24.0 Å². The van der Waals surface area contributed by atoms with E-state index in [-0.39, 0.29) is 10.9 Å². The predicted octanol–water partition coefficient (Wildman–Crippen LogP) is -0.0347. The normalized spacial score (nSPS) is 18.8. The first-order valence-corrected chi connectivity index (χ1v) is 7.81. The van der Waals surface area contributed by atoms with Gasteiger partial charge in [0, 0.05) is 6.54 Å². The maximum absolute atomic E-state index is 12.3. The van der Waals surface area contributed by atoms with Gasteiger partial charge in [0.1, 0.15) is 6.04 Å². The fraction of sp³-hybridized carbons (Fsp3) is 0.500. The molecule has 1 atom stereocenters. The maximum atomic E-state index is 12.3. The standard InChI is InChI=1S/C12H16N2O6S/c1-13-21(17,18)10-6-5-9(20-10)11(15)14-7-3-4-8(14)12(16)19-2/h5-6,8,13H,3-4,7H2,1-2H3. The topological polar surface area (TPSA) is 106 Å².